The molecule has 5 heteroatoms. The average Bonchev–Trinajstić information content (AvgIpc) is 2.82. The maximum Gasteiger partial charge on any atom is 0.254 e. The number of carbonyl (C=O) groups excluding carboxylic acids is 1. The Morgan fingerprint density at radius 1 is 1.39 bits per heavy atom. The van der Waals surface area contributed by atoms with Crippen LogP contribution in [-0.4, -0.2) is 24.1 Å². The second-order valence-corrected chi connectivity index (χ2v) is 4.52. The largest absolute Gasteiger partial charge is 0.462 e. The molecule has 1 saturated heterocycles. The molecule has 1 fully saturated rings. The summed E-state index contributed by atoms with van der Waals surface area (Å²) in [5.74, 6) is -0.0576. The number of pyridine rings is 1. The number of hydrogen-bond donors (Lipinski definition) is 1. The van der Waals surface area contributed by atoms with Crippen LogP contribution in [0.4, 0.5) is 0 Å². The molecule has 0 atom stereocenters. The summed E-state index contributed by atoms with van der Waals surface area (Å²) in [5.41, 5.74) is 7.88. The fourth-order valence-electron chi connectivity index (χ4n) is 2.36. The normalized spacial score (nSPS) is 17.1. The van der Waals surface area contributed by atoms with E-state index in [0.717, 1.165) is 31.6 Å². The zero-order valence-electron chi connectivity index (χ0n) is 9.89. The molecule has 3 heterocycles. The Labute approximate surface area is 104 Å². The van der Waals surface area contributed by atoms with Gasteiger partial charge in [0.25, 0.3) is 5.91 Å². The number of ether oxygens (including phenoxy) is 1. The van der Waals surface area contributed by atoms with Crippen molar-refractivity contribution in [3.05, 3.63) is 29.7 Å². The van der Waals surface area contributed by atoms with Gasteiger partial charge < -0.3 is 14.9 Å². The van der Waals surface area contributed by atoms with Crippen molar-refractivity contribution in [3.63, 3.8) is 0 Å². The molecule has 1 amide bonds. The molecule has 0 bridgehead atoms. The molecule has 0 spiro atoms. The van der Waals surface area contributed by atoms with Crippen LogP contribution in [0.2, 0.25) is 0 Å². The first kappa shape index (κ1) is 11.2. The average molecular weight is 246 g/mol. The molecule has 0 radical (unpaired) electrons. The SMILES string of the molecule is NC(=O)c1coc2cc(C3CCOCC3)cnc12. The molecule has 2 N–H and O–H groups in total. The van der Waals surface area contributed by atoms with E-state index in [1.807, 2.05) is 6.07 Å². The molecule has 18 heavy (non-hydrogen) atoms. The van der Waals surface area contributed by atoms with Crippen molar-refractivity contribution >= 4 is 17.0 Å². The Balaban J connectivity index is 1.98. The van der Waals surface area contributed by atoms with Crippen molar-refractivity contribution in [3.8, 4) is 0 Å². The number of carbonyl (C=O) groups is 1. The number of primary amides is 1. The van der Waals surface area contributed by atoms with E-state index >= 15 is 0 Å². The van der Waals surface area contributed by atoms with Crippen LogP contribution in [-0.2, 0) is 4.74 Å². The Bertz CT molecular complexity index is 585. The third-order valence-corrected chi connectivity index (χ3v) is 3.39. The zero-order valence-corrected chi connectivity index (χ0v) is 9.89. The monoisotopic (exact) mass is 246 g/mol. The van der Waals surface area contributed by atoms with Crippen molar-refractivity contribution in [1.29, 1.82) is 0 Å². The van der Waals surface area contributed by atoms with Crippen LogP contribution in [0, 0.1) is 0 Å². The Kier molecular flexibility index (Phi) is 2.76. The second-order valence-electron chi connectivity index (χ2n) is 4.52. The van der Waals surface area contributed by atoms with E-state index in [2.05, 4.69) is 4.98 Å². The van der Waals surface area contributed by atoms with Gasteiger partial charge in [-0.25, -0.2) is 0 Å². The van der Waals surface area contributed by atoms with Gasteiger partial charge in [-0.1, -0.05) is 0 Å². The summed E-state index contributed by atoms with van der Waals surface area (Å²) >= 11 is 0. The van der Waals surface area contributed by atoms with Crippen LogP contribution in [0.25, 0.3) is 11.1 Å². The van der Waals surface area contributed by atoms with E-state index in [9.17, 15) is 4.79 Å². The molecule has 0 aromatic carbocycles. The predicted molar refractivity (Wildman–Crippen MR) is 65.3 cm³/mol. The van der Waals surface area contributed by atoms with Gasteiger partial charge in [-0.2, -0.15) is 0 Å². The number of furan rings is 1. The van der Waals surface area contributed by atoms with Gasteiger partial charge in [0.05, 0.1) is 0 Å². The number of nitrogens with zero attached hydrogens (tertiary/aromatic N) is 1. The number of aromatic nitrogens is 1. The molecule has 0 saturated carbocycles. The van der Waals surface area contributed by atoms with E-state index < -0.39 is 5.91 Å². The Hall–Kier alpha value is -1.88. The van der Waals surface area contributed by atoms with Crippen LogP contribution in [0.5, 0.6) is 0 Å². The van der Waals surface area contributed by atoms with Gasteiger partial charge in [-0.05, 0) is 30.4 Å². The molecular formula is C13H14N2O3. The lowest BCUT2D eigenvalue weighted by Crippen LogP contribution is -2.14. The second kappa shape index (κ2) is 4.42. The van der Waals surface area contributed by atoms with Crippen LogP contribution in [0.15, 0.2) is 22.9 Å². The fraction of sp³-hybridized carbons (Fsp3) is 0.385. The highest BCUT2D eigenvalue weighted by Crippen LogP contribution is 2.29. The number of rotatable bonds is 2. The van der Waals surface area contributed by atoms with E-state index in [1.165, 1.54) is 6.26 Å². The van der Waals surface area contributed by atoms with Crippen molar-refractivity contribution in [2.45, 2.75) is 18.8 Å². The molecule has 1 aliphatic rings. The minimum Gasteiger partial charge on any atom is -0.462 e. The third kappa shape index (κ3) is 1.86. The van der Waals surface area contributed by atoms with E-state index in [4.69, 9.17) is 14.9 Å². The number of fused-ring (bicyclic) bond motifs is 1. The van der Waals surface area contributed by atoms with Crippen molar-refractivity contribution in [1.82, 2.24) is 4.98 Å². The number of amides is 1. The maximum atomic E-state index is 11.2. The summed E-state index contributed by atoms with van der Waals surface area (Å²) in [6.07, 6.45) is 5.17. The third-order valence-electron chi connectivity index (χ3n) is 3.39. The van der Waals surface area contributed by atoms with Crippen molar-refractivity contribution in [2.24, 2.45) is 5.73 Å². The van der Waals surface area contributed by atoms with Gasteiger partial charge in [0.2, 0.25) is 0 Å². The summed E-state index contributed by atoms with van der Waals surface area (Å²) in [5, 5.41) is 0. The van der Waals surface area contributed by atoms with Gasteiger partial charge in [0.1, 0.15) is 17.3 Å². The summed E-state index contributed by atoms with van der Waals surface area (Å²) in [4.78, 5) is 15.5. The summed E-state index contributed by atoms with van der Waals surface area (Å²) in [6.45, 7) is 1.57. The predicted octanol–water partition coefficient (Wildman–Crippen LogP) is 1.82. The number of nitrogens with two attached hydrogens (primary N) is 1. The lowest BCUT2D eigenvalue weighted by Gasteiger charge is -2.21. The molecule has 2 aromatic rings. The van der Waals surface area contributed by atoms with Crippen molar-refractivity contribution in [2.75, 3.05) is 13.2 Å². The molecular weight excluding hydrogens is 232 g/mol. The molecule has 0 aliphatic carbocycles. The zero-order chi connectivity index (χ0) is 12.5. The van der Waals surface area contributed by atoms with Crippen LogP contribution >= 0.6 is 0 Å². The van der Waals surface area contributed by atoms with Crippen LogP contribution in [0.1, 0.15) is 34.7 Å². The Morgan fingerprint density at radius 3 is 2.89 bits per heavy atom. The topological polar surface area (TPSA) is 78.4 Å². The highest BCUT2D eigenvalue weighted by atomic mass is 16.5. The molecule has 94 valence electrons. The summed E-state index contributed by atoms with van der Waals surface area (Å²) in [6, 6.07) is 1.95. The van der Waals surface area contributed by atoms with E-state index in [1.54, 1.807) is 6.20 Å². The first-order valence-corrected chi connectivity index (χ1v) is 6.00. The lowest BCUT2D eigenvalue weighted by atomic mass is 9.93. The quantitative estimate of drug-likeness (QED) is 0.876. The molecule has 3 rings (SSSR count). The van der Waals surface area contributed by atoms with Gasteiger partial charge in [0.15, 0.2) is 5.58 Å². The van der Waals surface area contributed by atoms with Gasteiger partial charge >= 0.3 is 0 Å². The van der Waals surface area contributed by atoms with Crippen LogP contribution in [0.3, 0.4) is 0 Å². The van der Waals surface area contributed by atoms with Gasteiger partial charge in [0, 0.05) is 19.4 Å². The van der Waals surface area contributed by atoms with Crippen molar-refractivity contribution < 1.29 is 13.9 Å². The molecule has 2 aromatic heterocycles. The van der Waals surface area contributed by atoms with E-state index in [-0.39, 0.29) is 0 Å². The number of hydrogen-bond acceptors (Lipinski definition) is 4. The minimum absolute atomic E-state index is 0.337. The highest BCUT2D eigenvalue weighted by Gasteiger charge is 2.19. The lowest BCUT2D eigenvalue weighted by molar-refractivity contribution is 0.0853. The minimum atomic E-state index is -0.514. The van der Waals surface area contributed by atoms with E-state index in [0.29, 0.717) is 22.6 Å². The molecule has 0 unspecified atom stereocenters. The first-order valence-electron chi connectivity index (χ1n) is 6.00. The maximum absolute atomic E-state index is 11.2. The van der Waals surface area contributed by atoms with Gasteiger partial charge in [-0.3, -0.25) is 9.78 Å². The summed E-state index contributed by atoms with van der Waals surface area (Å²) in [7, 11) is 0. The molecule has 5 nitrogen and oxygen atoms in total. The smallest absolute Gasteiger partial charge is 0.254 e. The Morgan fingerprint density at radius 2 is 2.17 bits per heavy atom. The first-order chi connectivity index (χ1) is 8.75. The van der Waals surface area contributed by atoms with Crippen LogP contribution < -0.4 is 5.73 Å². The molecule has 1 aliphatic heterocycles. The highest BCUT2D eigenvalue weighted by molar-refractivity contribution is 6.03. The summed E-state index contributed by atoms with van der Waals surface area (Å²) < 4.78 is 10.7. The standard InChI is InChI=1S/C13H14N2O3/c14-13(16)10-7-18-11-5-9(6-15-12(10)11)8-1-3-17-4-2-8/h5-8H,1-4H2,(H2,14,16). The fourth-order valence-corrected chi connectivity index (χ4v) is 2.36. The van der Waals surface area contributed by atoms with Gasteiger partial charge in [-0.15, -0.1) is 0 Å².